The van der Waals surface area contributed by atoms with Crippen LogP contribution >= 0.6 is 0 Å². The number of hydrogen-bond donors (Lipinski definition) is 1. The van der Waals surface area contributed by atoms with E-state index < -0.39 is 6.10 Å². The Morgan fingerprint density at radius 1 is 0.917 bits per heavy atom. The summed E-state index contributed by atoms with van der Waals surface area (Å²) in [5.41, 5.74) is 4.66. The van der Waals surface area contributed by atoms with Crippen molar-refractivity contribution in [3.8, 4) is 0 Å². The standard InChI is InChI=1S/C20H21NO3/c22-20(19-17-8-4-2-6-15(17)10-12-24-19)21-13-18-16-7-3-1-5-14(16)9-11-23-18/h1-8,18-19H,9-13H2,(H,21,22). The highest BCUT2D eigenvalue weighted by Crippen LogP contribution is 2.29. The molecule has 4 rings (SSSR count). The van der Waals surface area contributed by atoms with Crippen LogP contribution in [0.5, 0.6) is 0 Å². The van der Waals surface area contributed by atoms with Gasteiger partial charge in [0, 0.05) is 6.54 Å². The number of ether oxygens (including phenoxy) is 2. The molecule has 4 nitrogen and oxygen atoms in total. The summed E-state index contributed by atoms with van der Waals surface area (Å²) >= 11 is 0. The second kappa shape index (κ2) is 6.75. The third-order valence-electron chi connectivity index (χ3n) is 4.79. The summed E-state index contributed by atoms with van der Waals surface area (Å²) in [6, 6.07) is 16.3. The molecular weight excluding hydrogens is 302 g/mol. The fourth-order valence-electron chi connectivity index (χ4n) is 3.54. The van der Waals surface area contributed by atoms with E-state index in [0.29, 0.717) is 19.8 Å². The van der Waals surface area contributed by atoms with E-state index in [1.54, 1.807) is 0 Å². The van der Waals surface area contributed by atoms with Crippen LogP contribution in [0.15, 0.2) is 48.5 Å². The number of carbonyl (C=O) groups is 1. The van der Waals surface area contributed by atoms with Crippen molar-refractivity contribution in [2.45, 2.75) is 25.0 Å². The molecule has 2 aromatic rings. The first-order valence-corrected chi connectivity index (χ1v) is 8.49. The molecule has 2 unspecified atom stereocenters. The lowest BCUT2D eigenvalue weighted by Crippen LogP contribution is -2.37. The van der Waals surface area contributed by atoms with Gasteiger partial charge in [0.1, 0.15) is 6.10 Å². The van der Waals surface area contributed by atoms with Crippen LogP contribution in [0.4, 0.5) is 0 Å². The molecule has 0 bridgehead atoms. The van der Waals surface area contributed by atoms with E-state index in [1.165, 1.54) is 16.7 Å². The summed E-state index contributed by atoms with van der Waals surface area (Å²) < 4.78 is 11.6. The van der Waals surface area contributed by atoms with Crippen molar-refractivity contribution in [1.82, 2.24) is 5.32 Å². The number of benzene rings is 2. The molecule has 2 aromatic carbocycles. The second-order valence-electron chi connectivity index (χ2n) is 6.25. The second-order valence-corrected chi connectivity index (χ2v) is 6.25. The van der Waals surface area contributed by atoms with Gasteiger partial charge in [0.05, 0.1) is 13.2 Å². The van der Waals surface area contributed by atoms with Crippen LogP contribution < -0.4 is 5.32 Å². The molecule has 0 spiro atoms. The topological polar surface area (TPSA) is 47.6 Å². The third-order valence-corrected chi connectivity index (χ3v) is 4.79. The van der Waals surface area contributed by atoms with E-state index in [2.05, 4.69) is 23.5 Å². The minimum Gasteiger partial charge on any atom is -0.371 e. The predicted octanol–water partition coefficient (Wildman–Crippen LogP) is 2.73. The fourth-order valence-corrected chi connectivity index (χ4v) is 3.54. The Bertz CT molecular complexity index is 743. The zero-order valence-corrected chi connectivity index (χ0v) is 13.5. The van der Waals surface area contributed by atoms with Gasteiger partial charge >= 0.3 is 0 Å². The first-order chi connectivity index (χ1) is 11.8. The minimum absolute atomic E-state index is 0.0854. The third kappa shape index (κ3) is 2.95. The van der Waals surface area contributed by atoms with Crippen molar-refractivity contribution < 1.29 is 14.3 Å². The molecule has 24 heavy (non-hydrogen) atoms. The maximum absolute atomic E-state index is 12.6. The van der Waals surface area contributed by atoms with Gasteiger partial charge < -0.3 is 14.8 Å². The number of nitrogens with one attached hydrogen (secondary N) is 1. The first-order valence-electron chi connectivity index (χ1n) is 8.49. The van der Waals surface area contributed by atoms with Crippen molar-refractivity contribution in [1.29, 1.82) is 0 Å². The lowest BCUT2D eigenvalue weighted by atomic mass is 9.96. The number of hydrogen-bond acceptors (Lipinski definition) is 3. The van der Waals surface area contributed by atoms with E-state index in [1.807, 2.05) is 30.3 Å². The Balaban J connectivity index is 1.45. The molecular formula is C20H21NO3. The van der Waals surface area contributed by atoms with Crippen molar-refractivity contribution in [2.24, 2.45) is 0 Å². The molecule has 124 valence electrons. The molecule has 0 saturated carbocycles. The molecule has 1 N–H and O–H groups in total. The van der Waals surface area contributed by atoms with Gasteiger partial charge in [0.15, 0.2) is 6.10 Å². The van der Waals surface area contributed by atoms with Crippen LogP contribution in [0, 0.1) is 0 Å². The molecule has 2 heterocycles. The smallest absolute Gasteiger partial charge is 0.253 e. The number of fused-ring (bicyclic) bond motifs is 2. The normalized spacial score (nSPS) is 22.3. The maximum atomic E-state index is 12.6. The van der Waals surface area contributed by atoms with Crippen LogP contribution in [-0.2, 0) is 27.1 Å². The number of amides is 1. The Hall–Kier alpha value is -2.17. The highest BCUT2D eigenvalue weighted by molar-refractivity contribution is 5.83. The van der Waals surface area contributed by atoms with Crippen LogP contribution in [0.2, 0.25) is 0 Å². The Kier molecular flexibility index (Phi) is 4.32. The monoisotopic (exact) mass is 323 g/mol. The van der Waals surface area contributed by atoms with E-state index in [-0.39, 0.29) is 12.0 Å². The van der Waals surface area contributed by atoms with Gasteiger partial charge in [-0.2, -0.15) is 0 Å². The lowest BCUT2D eigenvalue weighted by Gasteiger charge is -2.28. The van der Waals surface area contributed by atoms with Crippen LogP contribution in [-0.4, -0.2) is 25.7 Å². The van der Waals surface area contributed by atoms with Crippen molar-refractivity contribution in [3.05, 3.63) is 70.8 Å². The molecule has 1 amide bonds. The average Bonchev–Trinajstić information content (AvgIpc) is 2.65. The van der Waals surface area contributed by atoms with E-state index in [0.717, 1.165) is 18.4 Å². The molecule has 2 aliphatic rings. The zero-order valence-electron chi connectivity index (χ0n) is 13.5. The molecule has 0 saturated heterocycles. The SMILES string of the molecule is O=C(NCC1OCCc2ccccc21)C1OCCc2ccccc21. The van der Waals surface area contributed by atoms with Crippen molar-refractivity contribution in [3.63, 3.8) is 0 Å². The number of carbonyl (C=O) groups excluding carboxylic acids is 1. The van der Waals surface area contributed by atoms with Crippen molar-refractivity contribution in [2.75, 3.05) is 19.8 Å². The van der Waals surface area contributed by atoms with Gasteiger partial charge in [-0.1, -0.05) is 48.5 Å². The molecule has 2 aliphatic heterocycles. The molecule has 0 aromatic heterocycles. The van der Waals surface area contributed by atoms with Crippen LogP contribution in [0.25, 0.3) is 0 Å². The van der Waals surface area contributed by atoms with Gasteiger partial charge in [-0.15, -0.1) is 0 Å². The van der Waals surface area contributed by atoms with E-state index in [4.69, 9.17) is 9.47 Å². The van der Waals surface area contributed by atoms with E-state index >= 15 is 0 Å². The summed E-state index contributed by atoms with van der Waals surface area (Å²) in [6.45, 7) is 1.75. The first kappa shape index (κ1) is 15.4. The molecule has 0 fully saturated rings. The van der Waals surface area contributed by atoms with Gasteiger partial charge in [-0.3, -0.25) is 4.79 Å². The largest absolute Gasteiger partial charge is 0.371 e. The fraction of sp³-hybridized carbons (Fsp3) is 0.350. The Morgan fingerprint density at radius 2 is 1.54 bits per heavy atom. The quantitative estimate of drug-likeness (QED) is 0.945. The molecule has 0 aliphatic carbocycles. The van der Waals surface area contributed by atoms with Crippen LogP contribution in [0.3, 0.4) is 0 Å². The zero-order chi connectivity index (χ0) is 16.4. The lowest BCUT2D eigenvalue weighted by molar-refractivity contribution is -0.134. The molecule has 0 radical (unpaired) electrons. The minimum atomic E-state index is -0.520. The Morgan fingerprint density at radius 3 is 2.33 bits per heavy atom. The van der Waals surface area contributed by atoms with Crippen molar-refractivity contribution >= 4 is 5.91 Å². The number of rotatable bonds is 3. The van der Waals surface area contributed by atoms with Gasteiger partial charge in [-0.05, 0) is 35.1 Å². The predicted molar refractivity (Wildman–Crippen MR) is 90.7 cm³/mol. The van der Waals surface area contributed by atoms with Gasteiger partial charge in [0.25, 0.3) is 5.91 Å². The molecule has 4 heteroatoms. The summed E-state index contributed by atoms with van der Waals surface area (Å²) in [5.74, 6) is -0.0891. The maximum Gasteiger partial charge on any atom is 0.253 e. The van der Waals surface area contributed by atoms with Gasteiger partial charge in [-0.25, -0.2) is 0 Å². The molecule has 2 atom stereocenters. The highest BCUT2D eigenvalue weighted by atomic mass is 16.5. The summed E-state index contributed by atoms with van der Waals surface area (Å²) in [5, 5.41) is 3.01. The average molecular weight is 323 g/mol. The summed E-state index contributed by atoms with van der Waals surface area (Å²) in [6.07, 6.45) is 1.19. The Labute approximate surface area is 141 Å². The summed E-state index contributed by atoms with van der Waals surface area (Å²) in [4.78, 5) is 12.6. The van der Waals surface area contributed by atoms with E-state index in [9.17, 15) is 4.79 Å². The van der Waals surface area contributed by atoms with Crippen LogP contribution in [0.1, 0.15) is 34.5 Å². The van der Waals surface area contributed by atoms with Gasteiger partial charge in [0.2, 0.25) is 0 Å². The summed E-state index contributed by atoms with van der Waals surface area (Å²) in [7, 11) is 0. The highest BCUT2D eigenvalue weighted by Gasteiger charge is 2.28.